The topological polar surface area (TPSA) is 0 Å². The van der Waals surface area contributed by atoms with Crippen LogP contribution in [0.25, 0.3) is 0 Å². The third-order valence-corrected chi connectivity index (χ3v) is 1.77. The van der Waals surface area contributed by atoms with E-state index in [4.69, 9.17) is 0 Å². The van der Waals surface area contributed by atoms with Crippen LogP contribution in [0.4, 0.5) is 0 Å². The zero-order valence-corrected chi connectivity index (χ0v) is 8.75. The predicted octanol–water partition coefficient (Wildman–Crippen LogP) is 2.78. The minimum absolute atomic E-state index is 1.13. The fourth-order valence-corrected chi connectivity index (χ4v) is 0.946. The largest absolute Gasteiger partial charge is 0.106 e. The number of hydrogen-bond acceptors (Lipinski definition) is 0. The summed E-state index contributed by atoms with van der Waals surface area (Å²) in [6.45, 7) is 6.16. The molecule has 1 unspecified atom stereocenters. The molecule has 11 heavy (non-hydrogen) atoms. The molecular weight excluding hydrogens is 151 g/mol. The Hall–Kier alpha value is -0.350. The van der Waals surface area contributed by atoms with Crippen molar-refractivity contribution in [1.29, 1.82) is 0 Å². The summed E-state index contributed by atoms with van der Waals surface area (Å²) in [6, 6.07) is 8.54. The highest BCUT2D eigenvalue weighted by Crippen LogP contribution is 1.98. The highest BCUT2D eigenvalue weighted by atomic mass is 31.0. The SMILES string of the molecule is CC.CCc1ccc(P)cc1. The second kappa shape index (κ2) is 6.37. The monoisotopic (exact) mass is 168 g/mol. The van der Waals surface area contributed by atoms with Crippen LogP contribution in [-0.2, 0) is 6.42 Å². The summed E-state index contributed by atoms with van der Waals surface area (Å²) in [5.74, 6) is 0. The Morgan fingerprint density at radius 1 is 1.09 bits per heavy atom. The number of rotatable bonds is 1. The maximum absolute atomic E-state index is 2.67. The van der Waals surface area contributed by atoms with Crippen molar-refractivity contribution in [3.05, 3.63) is 29.8 Å². The average Bonchev–Trinajstić information content (AvgIpc) is 2.10. The van der Waals surface area contributed by atoms with Gasteiger partial charge in [-0.1, -0.05) is 45.0 Å². The van der Waals surface area contributed by atoms with E-state index in [1.54, 1.807) is 0 Å². The Labute approximate surface area is 72.2 Å². The molecule has 0 heterocycles. The molecule has 0 amide bonds. The van der Waals surface area contributed by atoms with Gasteiger partial charge in [0, 0.05) is 0 Å². The van der Waals surface area contributed by atoms with Crippen molar-refractivity contribution in [2.75, 3.05) is 0 Å². The summed E-state index contributed by atoms with van der Waals surface area (Å²) in [7, 11) is 2.67. The second-order valence-corrected chi connectivity index (χ2v) is 2.76. The van der Waals surface area contributed by atoms with Crippen LogP contribution in [0.15, 0.2) is 24.3 Å². The van der Waals surface area contributed by atoms with Crippen LogP contribution in [-0.4, -0.2) is 0 Å². The minimum atomic E-state index is 1.13. The van der Waals surface area contributed by atoms with Gasteiger partial charge in [0.2, 0.25) is 0 Å². The van der Waals surface area contributed by atoms with E-state index < -0.39 is 0 Å². The van der Waals surface area contributed by atoms with Gasteiger partial charge >= 0.3 is 0 Å². The van der Waals surface area contributed by atoms with Crippen molar-refractivity contribution in [3.8, 4) is 0 Å². The van der Waals surface area contributed by atoms with Gasteiger partial charge in [-0.2, -0.15) is 0 Å². The van der Waals surface area contributed by atoms with Gasteiger partial charge in [-0.15, -0.1) is 9.24 Å². The van der Waals surface area contributed by atoms with Crippen LogP contribution in [0.3, 0.4) is 0 Å². The molecule has 0 saturated carbocycles. The maximum atomic E-state index is 2.67. The van der Waals surface area contributed by atoms with Crippen molar-refractivity contribution in [3.63, 3.8) is 0 Å². The lowest BCUT2D eigenvalue weighted by molar-refractivity contribution is 1.14. The van der Waals surface area contributed by atoms with Gasteiger partial charge in [-0.05, 0) is 17.3 Å². The predicted molar refractivity (Wildman–Crippen MR) is 56.5 cm³/mol. The van der Waals surface area contributed by atoms with E-state index in [0.29, 0.717) is 0 Å². The molecule has 0 aliphatic carbocycles. The van der Waals surface area contributed by atoms with Gasteiger partial charge in [0.1, 0.15) is 0 Å². The third-order valence-electron chi connectivity index (χ3n) is 1.39. The van der Waals surface area contributed by atoms with E-state index in [-0.39, 0.29) is 0 Å². The van der Waals surface area contributed by atoms with Gasteiger partial charge in [-0.25, -0.2) is 0 Å². The average molecular weight is 168 g/mol. The first-order chi connectivity index (χ1) is 5.33. The molecule has 0 spiro atoms. The first kappa shape index (κ1) is 10.7. The Bertz CT molecular complexity index is 177. The van der Waals surface area contributed by atoms with E-state index in [1.807, 2.05) is 13.8 Å². The summed E-state index contributed by atoms with van der Waals surface area (Å²) < 4.78 is 0. The van der Waals surface area contributed by atoms with E-state index in [0.717, 1.165) is 6.42 Å². The summed E-state index contributed by atoms with van der Waals surface area (Å²) in [5, 5.41) is 1.26. The fraction of sp³-hybridized carbons (Fsp3) is 0.400. The maximum Gasteiger partial charge on any atom is -0.0302 e. The number of aryl methyl sites for hydroxylation is 1. The van der Waals surface area contributed by atoms with Crippen molar-refractivity contribution >= 4 is 14.5 Å². The number of hydrogen-bond donors (Lipinski definition) is 0. The Morgan fingerprint density at radius 2 is 1.55 bits per heavy atom. The van der Waals surface area contributed by atoms with Gasteiger partial charge in [-0.3, -0.25) is 0 Å². The minimum Gasteiger partial charge on any atom is -0.106 e. The van der Waals surface area contributed by atoms with E-state index in [9.17, 15) is 0 Å². The second-order valence-electron chi connectivity index (χ2n) is 2.10. The zero-order valence-electron chi connectivity index (χ0n) is 7.59. The lowest BCUT2D eigenvalue weighted by Gasteiger charge is -1.94. The highest BCUT2D eigenvalue weighted by Gasteiger charge is 1.84. The van der Waals surface area contributed by atoms with Crippen LogP contribution in [0.2, 0.25) is 0 Å². The van der Waals surface area contributed by atoms with Gasteiger partial charge < -0.3 is 0 Å². The van der Waals surface area contributed by atoms with Crippen molar-refractivity contribution in [2.45, 2.75) is 27.2 Å². The van der Waals surface area contributed by atoms with E-state index >= 15 is 0 Å². The molecule has 1 aromatic rings. The molecule has 0 aromatic heterocycles. The van der Waals surface area contributed by atoms with E-state index in [1.165, 1.54) is 10.9 Å². The highest BCUT2D eigenvalue weighted by molar-refractivity contribution is 7.27. The molecule has 0 N–H and O–H groups in total. The molecule has 1 heteroatoms. The summed E-state index contributed by atoms with van der Waals surface area (Å²) in [4.78, 5) is 0. The first-order valence-corrected chi connectivity index (χ1v) is 4.75. The Balaban J connectivity index is 0.000000461. The molecule has 0 aliphatic heterocycles. The lowest BCUT2D eigenvalue weighted by atomic mass is 10.2. The van der Waals surface area contributed by atoms with Crippen LogP contribution in [0.5, 0.6) is 0 Å². The molecule has 0 fully saturated rings. The molecule has 1 atom stereocenters. The molecular formula is C10H17P. The fourth-order valence-electron chi connectivity index (χ4n) is 0.753. The molecule has 0 aliphatic rings. The van der Waals surface area contributed by atoms with E-state index in [2.05, 4.69) is 40.4 Å². The van der Waals surface area contributed by atoms with Crippen molar-refractivity contribution in [2.24, 2.45) is 0 Å². The van der Waals surface area contributed by atoms with Crippen LogP contribution >= 0.6 is 9.24 Å². The third kappa shape index (κ3) is 4.16. The molecule has 1 aromatic carbocycles. The smallest absolute Gasteiger partial charge is 0.0302 e. The first-order valence-electron chi connectivity index (χ1n) is 4.17. The van der Waals surface area contributed by atoms with Crippen LogP contribution in [0.1, 0.15) is 26.3 Å². The standard InChI is InChI=1S/C8H11P.C2H6/c1-2-7-3-5-8(9)6-4-7;1-2/h3-6H,2,9H2,1H3;1-2H3. The molecule has 62 valence electrons. The van der Waals surface area contributed by atoms with Crippen molar-refractivity contribution in [1.82, 2.24) is 0 Å². The van der Waals surface area contributed by atoms with Gasteiger partial charge in [0.15, 0.2) is 0 Å². The lowest BCUT2D eigenvalue weighted by Crippen LogP contribution is -1.88. The van der Waals surface area contributed by atoms with Crippen LogP contribution < -0.4 is 5.30 Å². The molecule has 0 nitrogen and oxygen atoms in total. The molecule has 1 rings (SSSR count). The summed E-state index contributed by atoms with van der Waals surface area (Å²) >= 11 is 0. The van der Waals surface area contributed by atoms with Gasteiger partial charge in [0.25, 0.3) is 0 Å². The Kier molecular flexibility index (Phi) is 6.16. The van der Waals surface area contributed by atoms with Gasteiger partial charge in [0.05, 0.1) is 0 Å². The summed E-state index contributed by atoms with van der Waals surface area (Å²) in [6.07, 6.45) is 1.13. The summed E-state index contributed by atoms with van der Waals surface area (Å²) in [5.41, 5.74) is 1.40. The van der Waals surface area contributed by atoms with Crippen LogP contribution in [0, 0.1) is 0 Å². The zero-order chi connectivity index (χ0) is 8.69. The Morgan fingerprint density at radius 3 is 1.91 bits per heavy atom. The quantitative estimate of drug-likeness (QED) is 0.566. The normalized spacial score (nSPS) is 8.36. The molecule has 0 saturated heterocycles. The number of benzene rings is 1. The molecule has 0 bridgehead atoms. The molecule has 0 radical (unpaired) electrons. The van der Waals surface area contributed by atoms with Crippen molar-refractivity contribution < 1.29 is 0 Å².